The van der Waals surface area contributed by atoms with Gasteiger partial charge in [-0.05, 0) is 109 Å². The van der Waals surface area contributed by atoms with Crippen LogP contribution in [0.4, 0.5) is 0 Å². The van der Waals surface area contributed by atoms with Gasteiger partial charge in [0.05, 0.1) is 25.4 Å². The Morgan fingerprint density at radius 1 is 0.432 bits per heavy atom. The number of allylic oxidation sites excluding steroid dienone is 23. The van der Waals surface area contributed by atoms with E-state index in [2.05, 4.69) is 153 Å². The number of hydrogen-bond donors (Lipinski definition) is 6. The van der Waals surface area contributed by atoms with Crippen LogP contribution in [0.3, 0.4) is 0 Å². The summed E-state index contributed by atoms with van der Waals surface area (Å²) in [6, 6.07) is -0.837. The Kier molecular flexibility index (Phi) is 54.9. The van der Waals surface area contributed by atoms with Gasteiger partial charge in [-0.1, -0.05) is 275 Å². The highest BCUT2D eigenvalue weighted by Gasteiger charge is 2.44. The molecule has 0 spiro atoms. The normalized spacial score (nSPS) is 19.4. The lowest BCUT2D eigenvalue weighted by Gasteiger charge is -2.40. The van der Waals surface area contributed by atoms with Crippen LogP contribution < -0.4 is 5.32 Å². The van der Waals surface area contributed by atoms with Crippen molar-refractivity contribution < 1.29 is 39.8 Å². The van der Waals surface area contributed by atoms with Crippen LogP contribution in [0, 0.1) is 0 Å². The maximum atomic E-state index is 13.1. The molecule has 0 bridgehead atoms. The van der Waals surface area contributed by atoms with E-state index in [0.29, 0.717) is 6.42 Å². The summed E-state index contributed by atoms with van der Waals surface area (Å²) in [4.78, 5) is 13.1. The van der Waals surface area contributed by atoms with Crippen molar-refractivity contribution in [2.24, 2.45) is 0 Å². The zero-order chi connectivity index (χ0) is 58.6. The molecule has 7 unspecified atom stereocenters. The first-order chi connectivity index (χ1) is 39.8. The number of unbranched alkanes of at least 4 members (excludes halogenated alkanes) is 22. The van der Waals surface area contributed by atoms with Gasteiger partial charge < -0.3 is 40.3 Å². The Morgan fingerprint density at radius 3 is 1.19 bits per heavy atom. The quantitative estimate of drug-likeness (QED) is 0.0261. The van der Waals surface area contributed by atoms with E-state index in [1.54, 1.807) is 6.08 Å². The van der Waals surface area contributed by atoms with Crippen molar-refractivity contribution >= 4 is 5.91 Å². The van der Waals surface area contributed by atoms with Crippen LogP contribution in [0.15, 0.2) is 146 Å². The van der Waals surface area contributed by atoms with Crippen molar-refractivity contribution in [3.63, 3.8) is 0 Å². The minimum atomic E-state index is -1.58. The number of ether oxygens (including phenoxy) is 2. The van der Waals surface area contributed by atoms with Gasteiger partial charge in [0.25, 0.3) is 0 Å². The van der Waals surface area contributed by atoms with E-state index in [-0.39, 0.29) is 12.5 Å². The molecule has 9 heteroatoms. The minimum absolute atomic E-state index is 0.200. The van der Waals surface area contributed by atoms with E-state index in [1.165, 1.54) is 109 Å². The first-order valence-corrected chi connectivity index (χ1v) is 32.6. The Balaban J connectivity index is 2.19. The first kappa shape index (κ1) is 75.1. The molecule has 0 aromatic carbocycles. The van der Waals surface area contributed by atoms with Gasteiger partial charge in [0.2, 0.25) is 5.91 Å². The van der Waals surface area contributed by atoms with Gasteiger partial charge in [0.1, 0.15) is 24.4 Å². The van der Waals surface area contributed by atoms with Crippen molar-refractivity contribution in [1.82, 2.24) is 5.32 Å². The van der Waals surface area contributed by atoms with E-state index in [4.69, 9.17) is 9.47 Å². The molecule has 0 aromatic rings. The molecule has 0 aromatic heterocycles. The lowest BCUT2D eigenvalue weighted by atomic mass is 9.99. The molecule has 0 radical (unpaired) electrons. The molecular formula is C72H119NO8. The number of amides is 1. The molecule has 1 fully saturated rings. The number of carbonyl (C=O) groups is 1. The Labute approximate surface area is 495 Å². The smallest absolute Gasteiger partial charge is 0.220 e. The van der Waals surface area contributed by atoms with Gasteiger partial charge in [-0.25, -0.2) is 0 Å². The standard InChI is InChI=1S/C72H119NO8/c1-3-5-7-9-11-13-15-17-19-21-23-24-25-26-27-28-29-30-31-32-33-34-35-36-37-38-39-40-41-42-44-46-48-50-52-54-56-58-60-62-68(76)73-65(64-80-72-71(79)70(78)69(77)67(63-74)81-72)66(75)61-59-57-55-53-51-49-47-45-43-22-20-18-16-14-12-10-8-6-4-2/h5,7,11,13,17,19,23-24,26-27,29-30,32-33,35-36,38-39,41-42,51,53,59,61,65-67,69-72,74-75,77-79H,3-4,6,8-10,12,14-16,18,20-22,25,28,31,34,37,40,43-50,52,54-58,60,62-64H2,1-2H3,(H,73,76)/b7-5-,13-11-,19-17-,24-23-,27-26-,30-29-,33-32-,36-35-,39-38-,42-41-,53-51+,61-59+. The van der Waals surface area contributed by atoms with Crippen LogP contribution in [0.2, 0.25) is 0 Å². The third kappa shape index (κ3) is 48.2. The van der Waals surface area contributed by atoms with E-state index in [9.17, 15) is 30.3 Å². The summed E-state index contributed by atoms with van der Waals surface area (Å²) < 4.78 is 11.3. The molecular weight excluding hydrogens is 1010 g/mol. The summed E-state index contributed by atoms with van der Waals surface area (Å²) in [5.74, 6) is -0.200. The number of carbonyl (C=O) groups excluding carboxylic acids is 1. The van der Waals surface area contributed by atoms with Crippen molar-refractivity contribution in [3.05, 3.63) is 146 Å². The van der Waals surface area contributed by atoms with Crippen LogP contribution in [0.25, 0.3) is 0 Å². The summed E-state index contributed by atoms with van der Waals surface area (Å²) in [5, 5.41) is 54.6. The average molecular weight is 1130 g/mol. The summed E-state index contributed by atoms with van der Waals surface area (Å²) >= 11 is 0. The van der Waals surface area contributed by atoms with Crippen LogP contribution in [0.1, 0.15) is 245 Å². The summed E-state index contributed by atoms with van der Waals surface area (Å²) in [7, 11) is 0. The van der Waals surface area contributed by atoms with Crippen molar-refractivity contribution in [2.45, 2.75) is 288 Å². The summed E-state index contributed by atoms with van der Waals surface area (Å²) in [5.41, 5.74) is 0. The van der Waals surface area contributed by atoms with Crippen LogP contribution >= 0.6 is 0 Å². The van der Waals surface area contributed by atoms with E-state index < -0.39 is 49.5 Å². The fourth-order valence-corrected chi connectivity index (χ4v) is 9.32. The lowest BCUT2D eigenvalue weighted by molar-refractivity contribution is -0.302. The average Bonchev–Trinajstić information content (AvgIpc) is 3.48. The third-order valence-corrected chi connectivity index (χ3v) is 14.4. The van der Waals surface area contributed by atoms with Crippen LogP contribution in [0.5, 0.6) is 0 Å². The highest BCUT2D eigenvalue weighted by Crippen LogP contribution is 2.23. The highest BCUT2D eigenvalue weighted by molar-refractivity contribution is 5.76. The molecule has 0 aliphatic carbocycles. The van der Waals surface area contributed by atoms with Gasteiger partial charge in [-0.3, -0.25) is 4.79 Å². The molecule has 1 amide bonds. The Bertz CT molecular complexity index is 1780. The van der Waals surface area contributed by atoms with Gasteiger partial charge in [-0.2, -0.15) is 0 Å². The zero-order valence-corrected chi connectivity index (χ0v) is 51.2. The van der Waals surface area contributed by atoms with Gasteiger partial charge in [0, 0.05) is 6.42 Å². The van der Waals surface area contributed by atoms with Crippen molar-refractivity contribution in [3.8, 4) is 0 Å². The molecule has 1 rings (SSSR count). The van der Waals surface area contributed by atoms with E-state index in [0.717, 1.165) is 116 Å². The predicted molar refractivity (Wildman–Crippen MR) is 345 cm³/mol. The molecule has 1 saturated heterocycles. The lowest BCUT2D eigenvalue weighted by Crippen LogP contribution is -2.60. The van der Waals surface area contributed by atoms with Gasteiger partial charge in [-0.15, -0.1) is 0 Å². The number of hydrogen-bond acceptors (Lipinski definition) is 8. The van der Waals surface area contributed by atoms with Gasteiger partial charge in [0.15, 0.2) is 6.29 Å². The molecule has 6 N–H and O–H groups in total. The van der Waals surface area contributed by atoms with E-state index in [1.807, 2.05) is 6.08 Å². The monoisotopic (exact) mass is 1130 g/mol. The summed E-state index contributed by atoms with van der Waals surface area (Å²) in [6.45, 7) is 3.64. The largest absolute Gasteiger partial charge is 0.394 e. The van der Waals surface area contributed by atoms with Crippen LogP contribution in [-0.4, -0.2) is 87.5 Å². The molecule has 460 valence electrons. The number of nitrogens with one attached hydrogen (secondary N) is 1. The fourth-order valence-electron chi connectivity index (χ4n) is 9.32. The SMILES string of the molecule is CC/C=C\C/C=C\C/C=C\C/C=C\C/C=C\C/C=C\C/C=C\C/C=C\C/C=C\C/C=C\CCCCCCCCCCC(=O)NC(COC1OC(CO)C(O)C(O)C1O)C(O)/C=C/CC/C=C/CCCCCCCCCCCCCCC. The molecule has 81 heavy (non-hydrogen) atoms. The van der Waals surface area contributed by atoms with Crippen molar-refractivity contribution in [2.75, 3.05) is 13.2 Å². The predicted octanol–water partition coefficient (Wildman–Crippen LogP) is 17.4. The highest BCUT2D eigenvalue weighted by atomic mass is 16.7. The third-order valence-electron chi connectivity index (χ3n) is 14.4. The second-order valence-corrected chi connectivity index (χ2v) is 21.8. The second kappa shape index (κ2) is 59.2. The Hall–Kier alpha value is -3.93. The molecule has 1 heterocycles. The topological polar surface area (TPSA) is 149 Å². The Morgan fingerprint density at radius 2 is 0.778 bits per heavy atom. The first-order valence-electron chi connectivity index (χ1n) is 32.6. The molecule has 0 saturated carbocycles. The van der Waals surface area contributed by atoms with E-state index >= 15 is 0 Å². The molecule has 7 atom stereocenters. The number of aliphatic hydroxyl groups is 5. The van der Waals surface area contributed by atoms with Crippen LogP contribution in [-0.2, 0) is 14.3 Å². The maximum absolute atomic E-state index is 13.1. The van der Waals surface area contributed by atoms with Gasteiger partial charge >= 0.3 is 0 Å². The van der Waals surface area contributed by atoms with Crippen molar-refractivity contribution in [1.29, 1.82) is 0 Å². The molecule has 1 aliphatic rings. The number of rotatable bonds is 54. The second-order valence-electron chi connectivity index (χ2n) is 21.8. The number of aliphatic hydroxyl groups excluding tert-OH is 5. The minimum Gasteiger partial charge on any atom is -0.394 e. The molecule has 9 nitrogen and oxygen atoms in total. The fraction of sp³-hybridized carbons (Fsp3) is 0.653. The maximum Gasteiger partial charge on any atom is 0.220 e. The molecule has 1 aliphatic heterocycles. The summed E-state index contributed by atoms with van der Waals surface area (Å²) in [6.07, 6.45) is 85.0. The zero-order valence-electron chi connectivity index (χ0n) is 51.2.